The van der Waals surface area contributed by atoms with Gasteiger partial charge >= 0.3 is 12.0 Å². The number of amides is 2. The molecule has 1 aliphatic rings. The summed E-state index contributed by atoms with van der Waals surface area (Å²) in [6.07, 6.45) is 3.39. The number of carbonyl (C=O) groups is 2. The molecule has 5 nitrogen and oxygen atoms in total. The van der Waals surface area contributed by atoms with Crippen molar-refractivity contribution >= 4 is 12.0 Å². The SMILES string of the molecule is CCOC(=O)CNC(=O)NC1CCCC(C)C1C. The highest BCUT2D eigenvalue weighted by atomic mass is 16.5. The average molecular weight is 256 g/mol. The molecular weight excluding hydrogens is 232 g/mol. The number of urea groups is 1. The van der Waals surface area contributed by atoms with Crippen molar-refractivity contribution in [3.63, 3.8) is 0 Å². The first-order chi connectivity index (χ1) is 8.54. The van der Waals surface area contributed by atoms with Crippen LogP contribution in [-0.4, -0.2) is 31.2 Å². The number of nitrogens with one attached hydrogen (secondary N) is 2. The Morgan fingerprint density at radius 1 is 1.28 bits per heavy atom. The molecule has 18 heavy (non-hydrogen) atoms. The van der Waals surface area contributed by atoms with Gasteiger partial charge in [-0.05, 0) is 25.2 Å². The summed E-state index contributed by atoms with van der Waals surface area (Å²) in [6, 6.07) is -0.0788. The first kappa shape index (κ1) is 14.8. The molecule has 3 atom stereocenters. The van der Waals surface area contributed by atoms with Gasteiger partial charge in [-0.2, -0.15) is 0 Å². The molecule has 1 saturated carbocycles. The number of ether oxygens (including phenoxy) is 1. The Labute approximate surface area is 109 Å². The van der Waals surface area contributed by atoms with E-state index >= 15 is 0 Å². The summed E-state index contributed by atoms with van der Waals surface area (Å²) in [4.78, 5) is 22.7. The molecule has 0 saturated heterocycles. The highest BCUT2D eigenvalue weighted by Crippen LogP contribution is 2.29. The van der Waals surface area contributed by atoms with E-state index in [2.05, 4.69) is 24.5 Å². The van der Waals surface area contributed by atoms with Crippen LogP contribution in [0.15, 0.2) is 0 Å². The Balaban J connectivity index is 2.29. The van der Waals surface area contributed by atoms with Crippen molar-refractivity contribution in [2.75, 3.05) is 13.2 Å². The van der Waals surface area contributed by atoms with Gasteiger partial charge in [-0.3, -0.25) is 4.79 Å². The zero-order valence-electron chi connectivity index (χ0n) is 11.5. The maximum Gasteiger partial charge on any atom is 0.325 e. The molecule has 0 aromatic rings. The quantitative estimate of drug-likeness (QED) is 0.752. The summed E-state index contributed by atoms with van der Waals surface area (Å²) in [7, 11) is 0. The minimum absolute atomic E-state index is 0.0731. The van der Waals surface area contributed by atoms with E-state index in [0.29, 0.717) is 18.4 Å². The summed E-state index contributed by atoms with van der Waals surface area (Å²) >= 11 is 0. The van der Waals surface area contributed by atoms with E-state index in [1.165, 1.54) is 6.42 Å². The molecule has 0 aromatic heterocycles. The molecule has 0 aromatic carbocycles. The van der Waals surface area contributed by atoms with Crippen LogP contribution in [0.5, 0.6) is 0 Å². The molecule has 5 heteroatoms. The summed E-state index contributed by atoms with van der Waals surface area (Å²) in [5.74, 6) is 0.707. The van der Waals surface area contributed by atoms with E-state index in [1.54, 1.807) is 6.92 Å². The zero-order chi connectivity index (χ0) is 13.5. The molecule has 3 unspecified atom stereocenters. The molecular formula is C13H24N2O3. The lowest BCUT2D eigenvalue weighted by Crippen LogP contribution is -2.48. The monoisotopic (exact) mass is 256 g/mol. The van der Waals surface area contributed by atoms with E-state index in [4.69, 9.17) is 4.74 Å². The first-order valence-corrected chi connectivity index (χ1v) is 6.74. The van der Waals surface area contributed by atoms with Gasteiger partial charge in [0.25, 0.3) is 0 Å². The highest BCUT2D eigenvalue weighted by molar-refractivity contribution is 5.80. The lowest BCUT2D eigenvalue weighted by atomic mass is 9.78. The largest absolute Gasteiger partial charge is 0.465 e. The number of hydrogen-bond acceptors (Lipinski definition) is 3. The fourth-order valence-corrected chi connectivity index (χ4v) is 2.37. The molecule has 0 aliphatic heterocycles. The maximum absolute atomic E-state index is 11.6. The minimum Gasteiger partial charge on any atom is -0.465 e. The predicted molar refractivity (Wildman–Crippen MR) is 69.1 cm³/mol. The standard InChI is InChI=1S/C13H24N2O3/c1-4-18-12(16)8-14-13(17)15-11-7-5-6-9(2)10(11)3/h9-11H,4-8H2,1-3H3,(H2,14,15,17). The predicted octanol–water partition coefficient (Wildman–Crippen LogP) is 1.67. The Kier molecular flexibility index (Phi) is 5.95. The Hall–Kier alpha value is -1.26. The van der Waals surface area contributed by atoms with Gasteiger partial charge in [0.05, 0.1) is 6.61 Å². The summed E-state index contributed by atoms with van der Waals surface area (Å²) in [5, 5.41) is 5.46. The molecule has 0 heterocycles. The Morgan fingerprint density at radius 3 is 2.67 bits per heavy atom. The maximum atomic E-state index is 11.6. The van der Waals surface area contributed by atoms with E-state index in [0.717, 1.165) is 12.8 Å². The van der Waals surface area contributed by atoms with Crippen LogP contribution in [0.3, 0.4) is 0 Å². The first-order valence-electron chi connectivity index (χ1n) is 6.74. The van der Waals surface area contributed by atoms with Gasteiger partial charge in [-0.25, -0.2) is 4.79 Å². The van der Waals surface area contributed by atoms with Gasteiger partial charge < -0.3 is 15.4 Å². The number of rotatable bonds is 4. The van der Waals surface area contributed by atoms with Crippen molar-refractivity contribution < 1.29 is 14.3 Å². The highest BCUT2D eigenvalue weighted by Gasteiger charge is 2.28. The van der Waals surface area contributed by atoms with Crippen molar-refractivity contribution in [3.8, 4) is 0 Å². The van der Waals surface area contributed by atoms with Gasteiger partial charge in [0.15, 0.2) is 0 Å². The second-order valence-corrected chi connectivity index (χ2v) is 5.01. The van der Waals surface area contributed by atoms with Crippen molar-refractivity contribution in [1.29, 1.82) is 0 Å². The second kappa shape index (κ2) is 7.24. The zero-order valence-corrected chi connectivity index (χ0v) is 11.5. The molecule has 1 fully saturated rings. The van der Waals surface area contributed by atoms with E-state index in [1.807, 2.05) is 0 Å². The average Bonchev–Trinajstić information content (AvgIpc) is 2.33. The number of hydrogen-bond donors (Lipinski definition) is 2. The van der Waals surface area contributed by atoms with Crippen LogP contribution in [0, 0.1) is 11.8 Å². The normalized spacial score (nSPS) is 27.4. The van der Waals surface area contributed by atoms with Crippen molar-refractivity contribution in [1.82, 2.24) is 10.6 Å². The van der Waals surface area contributed by atoms with Gasteiger partial charge in [0, 0.05) is 6.04 Å². The van der Waals surface area contributed by atoms with Crippen LogP contribution >= 0.6 is 0 Å². The summed E-state index contributed by atoms with van der Waals surface area (Å²) in [5.41, 5.74) is 0. The Morgan fingerprint density at radius 2 is 2.00 bits per heavy atom. The van der Waals surface area contributed by atoms with Crippen LogP contribution < -0.4 is 10.6 Å². The van der Waals surface area contributed by atoms with E-state index in [9.17, 15) is 9.59 Å². The van der Waals surface area contributed by atoms with Gasteiger partial charge in [-0.1, -0.05) is 26.7 Å². The van der Waals surface area contributed by atoms with Crippen LogP contribution in [0.2, 0.25) is 0 Å². The lowest BCUT2D eigenvalue weighted by molar-refractivity contribution is -0.141. The van der Waals surface area contributed by atoms with E-state index in [-0.39, 0.29) is 18.6 Å². The molecule has 2 amide bonds. The molecule has 104 valence electrons. The van der Waals surface area contributed by atoms with E-state index < -0.39 is 5.97 Å². The lowest BCUT2D eigenvalue weighted by Gasteiger charge is -2.34. The molecule has 0 bridgehead atoms. The minimum atomic E-state index is -0.405. The van der Waals surface area contributed by atoms with Crippen molar-refractivity contribution in [2.24, 2.45) is 11.8 Å². The van der Waals surface area contributed by atoms with Gasteiger partial charge in [-0.15, -0.1) is 0 Å². The third kappa shape index (κ3) is 4.55. The van der Waals surface area contributed by atoms with Crippen LogP contribution in [0.1, 0.15) is 40.0 Å². The van der Waals surface area contributed by atoms with Gasteiger partial charge in [0.1, 0.15) is 6.54 Å². The fraction of sp³-hybridized carbons (Fsp3) is 0.846. The molecule has 0 spiro atoms. The smallest absolute Gasteiger partial charge is 0.325 e. The van der Waals surface area contributed by atoms with Crippen molar-refractivity contribution in [2.45, 2.75) is 46.1 Å². The molecule has 1 rings (SSSR count). The third-order valence-electron chi connectivity index (χ3n) is 3.72. The summed E-state index contributed by atoms with van der Waals surface area (Å²) < 4.78 is 4.74. The van der Waals surface area contributed by atoms with Crippen molar-refractivity contribution in [3.05, 3.63) is 0 Å². The third-order valence-corrected chi connectivity index (χ3v) is 3.72. The fourth-order valence-electron chi connectivity index (χ4n) is 2.37. The van der Waals surface area contributed by atoms with Crippen LogP contribution in [0.25, 0.3) is 0 Å². The Bertz CT molecular complexity index is 294. The number of carbonyl (C=O) groups excluding carboxylic acids is 2. The van der Waals surface area contributed by atoms with Crippen LogP contribution in [0.4, 0.5) is 4.79 Å². The molecule has 1 aliphatic carbocycles. The summed E-state index contributed by atoms with van der Waals surface area (Å²) in [6.45, 7) is 6.38. The number of esters is 1. The van der Waals surface area contributed by atoms with Gasteiger partial charge in [0.2, 0.25) is 0 Å². The van der Waals surface area contributed by atoms with Crippen LogP contribution in [-0.2, 0) is 9.53 Å². The topological polar surface area (TPSA) is 67.4 Å². The molecule has 0 radical (unpaired) electrons. The molecule has 2 N–H and O–H groups in total. The second-order valence-electron chi connectivity index (χ2n) is 5.01.